The predicted molar refractivity (Wildman–Crippen MR) is 74.4 cm³/mol. The molecule has 0 bridgehead atoms. The Balaban J connectivity index is 2.20. The first-order valence-electron chi connectivity index (χ1n) is 6.10. The van der Waals surface area contributed by atoms with Crippen molar-refractivity contribution in [3.8, 4) is 28.6 Å². The van der Waals surface area contributed by atoms with Crippen LogP contribution in [0.15, 0.2) is 51.9 Å². The van der Waals surface area contributed by atoms with E-state index in [1.54, 1.807) is 18.2 Å². The van der Waals surface area contributed by atoms with Crippen molar-refractivity contribution >= 4 is 0 Å². The number of H-pyrrole nitrogens is 1. The molecule has 0 saturated heterocycles. The minimum Gasteiger partial charge on any atom is -0.493 e. The van der Waals surface area contributed by atoms with Crippen LogP contribution >= 0.6 is 0 Å². The van der Waals surface area contributed by atoms with Gasteiger partial charge in [0.05, 0.1) is 6.26 Å². The maximum absolute atomic E-state index is 12.2. The van der Waals surface area contributed by atoms with Crippen molar-refractivity contribution in [2.45, 2.75) is 6.92 Å². The zero-order valence-electron chi connectivity index (χ0n) is 10.8. The smallest absolute Gasteiger partial charge is 0.263 e. The van der Waals surface area contributed by atoms with Crippen molar-refractivity contribution in [3.05, 3.63) is 58.6 Å². The van der Waals surface area contributed by atoms with Crippen LogP contribution in [0.2, 0.25) is 0 Å². The average molecular weight is 268 g/mol. The molecule has 2 aromatic heterocycles. The standard InChI is InChI=1S/C15H12N2O3/c1-9-5-2-3-6-10(9)12-14(18)16-13(17-15(12)19)11-7-4-8-20-11/h2-8H,1H3,(H2,16,17,18,19). The van der Waals surface area contributed by atoms with Crippen molar-refractivity contribution in [3.63, 3.8) is 0 Å². The van der Waals surface area contributed by atoms with Crippen LogP contribution in [-0.4, -0.2) is 15.1 Å². The maximum Gasteiger partial charge on any atom is 0.263 e. The van der Waals surface area contributed by atoms with Crippen molar-refractivity contribution in [2.75, 3.05) is 0 Å². The van der Waals surface area contributed by atoms with Crippen molar-refractivity contribution in [1.82, 2.24) is 9.97 Å². The van der Waals surface area contributed by atoms with Gasteiger partial charge in [-0.25, -0.2) is 0 Å². The molecule has 5 nitrogen and oxygen atoms in total. The van der Waals surface area contributed by atoms with Crippen LogP contribution in [-0.2, 0) is 0 Å². The van der Waals surface area contributed by atoms with Gasteiger partial charge in [-0.2, -0.15) is 4.98 Å². The molecule has 0 aliphatic carbocycles. The van der Waals surface area contributed by atoms with E-state index >= 15 is 0 Å². The van der Waals surface area contributed by atoms with Gasteiger partial charge in [-0.05, 0) is 30.2 Å². The summed E-state index contributed by atoms with van der Waals surface area (Å²) >= 11 is 0. The Morgan fingerprint density at radius 2 is 2.00 bits per heavy atom. The lowest BCUT2D eigenvalue weighted by atomic mass is 10.0. The fourth-order valence-electron chi connectivity index (χ4n) is 2.09. The number of rotatable bonds is 2. The van der Waals surface area contributed by atoms with Crippen LogP contribution < -0.4 is 5.56 Å². The SMILES string of the molecule is Cc1ccccc1-c1c(O)nc(-c2ccco2)[nH]c1=O. The van der Waals surface area contributed by atoms with E-state index in [1.165, 1.54) is 6.26 Å². The van der Waals surface area contributed by atoms with E-state index in [0.717, 1.165) is 5.56 Å². The first-order chi connectivity index (χ1) is 9.66. The molecule has 100 valence electrons. The van der Waals surface area contributed by atoms with E-state index in [-0.39, 0.29) is 17.3 Å². The Kier molecular flexibility index (Phi) is 2.87. The second-order valence-electron chi connectivity index (χ2n) is 4.41. The summed E-state index contributed by atoms with van der Waals surface area (Å²) in [5.74, 6) is 0.290. The highest BCUT2D eigenvalue weighted by Gasteiger charge is 2.16. The molecule has 0 amide bonds. The van der Waals surface area contributed by atoms with Gasteiger partial charge in [0.1, 0.15) is 5.56 Å². The number of furan rings is 1. The van der Waals surface area contributed by atoms with Crippen LogP contribution in [0, 0.1) is 6.92 Å². The molecule has 0 spiro atoms. The van der Waals surface area contributed by atoms with Gasteiger partial charge >= 0.3 is 0 Å². The van der Waals surface area contributed by atoms with Crippen LogP contribution in [0.5, 0.6) is 5.88 Å². The van der Waals surface area contributed by atoms with E-state index < -0.39 is 5.56 Å². The number of nitrogens with one attached hydrogen (secondary N) is 1. The highest BCUT2D eigenvalue weighted by atomic mass is 16.3. The summed E-state index contributed by atoms with van der Waals surface area (Å²) in [6, 6.07) is 10.7. The number of aromatic hydroxyl groups is 1. The zero-order valence-corrected chi connectivity index (χ0v) is 10.8. The minimum absolute atomic E-state index is 0.165. The van der Waals surface area contributed by atoms with E-state index in [1.807, 2.05) is 25.1 Å². The fraction of sp³-hybridized carbons (Fsp3) is 0.0667. The topological polar surface area (TPSA) is 79.1 Å². The third kappa shape index (κ3) is 1.99. The molecule has 2 heterocycles. The number of hydrogen-bond acceptors (Lipinski definition) is 4. The number of aromatic nitrogens is 2. The number of aromatic amines is 1. The van der Waals surface area contributed by atoms with Gasteiger partial charge in [0, 0.05) is 0 Å². The number of aryl methyl sites for hydroxylation is 1. The van der Waals surface area contributed by atoms with Crippen molar-refractivity contribution in [2.24, 2.45) is 0 Å². The summed E-state index contributed by atoms with van der Waals surface area (Å²) < 4.78 is 5.16. The third-order valence-electron chi connectivity index (χ3n) is 3.07. The van der Waals surface area contributed by atoms with E-state index in [2.05, 4.69) is 9.97 Å². The summed E-state index contributed by atoms with van der Waals surface area (Å²) in [7, 11) is 0. The lowest BCUT2D eigenvalue weighted by Crippen LogP contribution is -2.12. The molecule has 0 unspecified atom stereocenters. The van der Waals surface area contributed by atoms with Gasteiger partial charge in [-0.1, -0.05) is 24.3 Å². The lowest BCUT2D eigenvalue weighted by molar-refractivity contribution is 0.452. The number of benzene rings is 1. The highest BCUT2D eigenvalue weighted by molar-refractivity contribution is 5.71. The molecular formula is C15H12N2O3. The molecule has 0 aliphatic heterocycles. The second-order valence-corrected chi connectivity index (χ2v) is 4.41. The highest BCUT2D eigenvalue weighted by Crippen LogP contribution is 2.27. The lowest BCUT2D eigenvalue weighted by Gasteiger charge is -2.07. The van der Waals surface area contributed by atoms with E-state index in [4.69, 9.17) is 4.42 Å². The molecule has 3 aromatic rings. The Morgan fingerprint density at radius 3 is 2.65 bits per heavy atom. The Bertz CT molecular complexity index is 804. The first-order valence-corrected chi connectivity index (χ1v) is 6.10. The van der Waals surface area contributed by atoms with Gasteiger partial charge < -0.3 is 14.5 Å². The molecule has 5 heteroatoms. The number of hydrogen-bond donors (Lipinski definition) is 2. The summed E-state index contributed by atoms with van der Waals surface area (Å²) in [6.07, 6.45) is 1.47. The molecule has 20 heavy (non-hydrogen) atoms. The van der Waals surface area contributed by atoms with Gasteiger partial charge in [0.2, 0.25) is 5.88 Å². The summed E-state index contributed by atoms with van der Waals surface area (Å²) in [6.45, 7) is 1.87. The van der Waals surface area contributed by atoms with Crippen LogP contribution in [0.25, 0.3) is 22.7 Å². The Labute approximate surface area is 114 Å². The van der Waals surface area contributed by atoms with E-state index in [0.29, 0.717) is 11.3 Å². The quantitative estimate of drug-likeness (QED) is 0.749. The summed E-state index contributed by atoms with van der Waals surface area (Å²) in [5.41, 5.74) is 1.31. The molecular weight excluding hydrogens is 256 g/mol. The first kappa shape index (κ1) is 12.2. The normalized spacial score (nSPS) is 10.7. The number of nitrogens with zero attached hydrogens (tertiary/aromatic N) is 1. The zero-order chi connectivity index (χ0) is 14.1. The van der Waals surface area contributed by atoms with Crippen LogP contribution in [0.1, 0.15) is 5.56 Å². The van der Waals surface area contributed by atoms with Gasteiger partial charge in [-0.15, -0.1) is 0 Å². The summed E-state index contributed by atoms with van der Waals surface area (Å²) in [5, 5.41) is 10.1. The van der Waals surface area contributed by atoms with Crippen molar-refractivity contribution in [1.29, 1.82) is 0 Å². The minimum atomic E-state index is -0.404. The molecule has 3 rings (SSSR count). The second kappa shape index (κ2) is 4.70. The van der Waals surface area contributed by atoms with Crippen molar-refractivity contribution < 1.29 is 9.52 Å². The summed E-state index contributed by atoms with van der Waals surface area (Å²) in [4.78, 5) is 18.8. The van der Waals surface area contributed by atoms with Gasteiger partial charge in [0.25, 0.3) is 5.56 Å². The van der Waals surface area contributed by atoms with Crippen LogP contribution in [0.3, 0.4) is 0 Å². The predicted octanol–water partition coefficient (Wildman–Crippen LogP) is 2.71. The van der Waals surface area contributed by atoms with E-state index in [9.17, 15) is 9.90 Å². The largest absolute Gasteiger partial charge is 0.493 e. The molecule has 0 saturated carbocycles. The molecule has 0 radical (unpaired) electrons. The molecule has 0 fully saturated rings. The van der Waals surface area contributed by atoms with Crippen LogP contribution in [0.4, 0.5) is 0 Å². The molecule has 2 N–H and O–H groups in total. The third-order valence-corrected chi connectivity index (χ3v) is 3.07. The van der Waals surface area contributed by atoms with Gasteiger partial charge in [-0.3, -0.25) is 4.79 Å². The molecule has 0 atom stereocenters. The Morgan fingerprint density at radius 1 is 1.20 bits per heavy atom. The van der Waals surface area contributed by atoms with Gasteiger partial charge in [0.15, 0.2) is 11.6 Å². The monoisotopic (exact) mass is 268 g/mol. The molecule has 1 aromatic carbocycles. The Hall–Kier alpha value is -2.82. The fourth-order valence-corrected chi connectivity index (χ4v) is 2.09. The molecule has 0 aliphatic rings. The average Bonchev–Trinajstić information content (AvgIpc) is 2.94. The maximum atomic E-state index is 12.2.